The van der Waals surface area contributed by atoms with Crippen LogP contribution in [0.25, 0.3) is 16.8 Å². The first-order valence-electron chi connectivity index (χ1n) is 8.96. The third-order valence-electron chi connectivity index (χ3n) is 4.12. The fourth-order valence-electron chi connectivity index (χ4n) is 2.76. The smallest absolute Gasteiger partial charge is 0.344 e. The Balaban J connectivity index is 1.74. The molecule has 0 heterocycles. The lowest BCUT2D eigenvalue weighted by atomic mass is 10.0. The molecule has 0 aromatic heterocycles. The molecule has 0 amide bonds. The van der Waals surface area contributed by atoms with E-state index < -0.39 is 5.97 Å². The van der Waals surface area contributed by atoms with E-state index in [1.165, 1.54) is 6.08 Å². The first-order valence-corrected chi connectivity index (χ1v) is 10.5. The molecular formula is C23H18Br2O4. The monoisotopic (exact) mass is 516 g/mol. The lowest BCUT2D eigenvalue weighted by Crippen LogP contribution is -2.15. The van der Waals surface area contributed by atoms with Gasteiger partial charge in [0.05, 0.1) is 15.6 Å². The second kappa shape index (κ2) is 9.85. The third-order valence-corrected chi connectivity index (χ3v) is 5.30. The van der Waals surface area contributed by atoms with Gasteiger partial charge in [0.15, 0.2) is 12.4 Å². The Bertz CT molecular complexity index is 1070. The van der Waals surface area contributed by atoms with E-state index in [9.17, 15) is 9.59 Å². The Labute approximate surface area is 185 Å². The average Bonchev–Trinajstić information content (AvgIpc) is 2.71. The zero-order chi connectivity index (χ0) is 20.8. The summed E-state index contributed by atoms with van der Waals surface area (Å²) in [6.45, 7) is 1.87. The van der Waals surface area contributed by atoms with Crippen molar-refractivity contribution in [2.24, 2.45) is 0 Å². The number of allylic oxidation sites excluding steroid dienone is 1. The van der Waals surface area contributed by atoms with E-state index >= 15 is 0 Å². The summed E-state index contributed by atoms with van der Waals surface area (Å²) in [7, 11) is 0. The zero-order valence-electron chi connectivity index (χ0n) is 15.7. The van der Waals surface area contributed by atoms with Gasteiger partial charge in [-0.15, -0.1) is 0 Å². The van der Waals surface area contributed by atoms with Gasteiger partial charge in [-0.1, -0.05) is 42.5 Å². The molecule has 0 bridgehead atoms. The van der Waals surface area contributed by atoms with E-state index in [1.807, 2.05) is 54.6 Å². The highest BCUT2D eigenvalue weighted by Gasteiger charge is 2.11. The van der Waals surface area contributed by atoms with E-state index in [1.54, 1.807) is 13.0 Å². The molecule has 6 heteroatoms. The van der Waals surface area contributed by atoms with E-state index in [0.717, 1.165) is 16.3 Å². The summed E-state index contributed by atoms with van der Waals surface area (Å²) < 4.78 is 11.7. The maximum Gasteiger partial charge on any atom is 0.344 e. The SMILES string of the molecule is CCOC(=O)COc1c(Br)cc(C=CC(=O)c2ccc3ccccc3c2)cc1Br. The number of carbonyl (C=O) groups is 2. The standard InChI is InChI=1S/C23H18Br2O4/c1-2-28-22(27)14-29-23-19(24)11-15(12-20(23)25)7-10-21(26)18-9-8-16-5-3-4-6-17(16)13-18/h3-13H,2,14H2,1H3. The maximum absolute atomic E-state index is 12.6. The van der Waals surface area contributed by atoms with Crippen LogP contribution < -0.4 is 4.74 Å². The molecule has 0 saturated carbocycles. The van der Waals surface area contributed by atoms with Gasteiger partial charge in [-0.05, 0) is 79.4 Å². The Hall–Kier alpha value is -2.44. The van der Waals surface area contributed by atoms with Crippen molar-refractivity contribution in [2.45, 2.75) is 6.92 Å². The topological polar surface area (TPSA) is 52.6 Å². The number of hydrogen-bond acceptors (Lipinski definition) is 4. The lowest BCUT2D eigenvalue weighted by molar-refractivity contribution is -0.145. The summed E-state index contributed by atoms with van der Waals surface area (Å²) in [6.07, 6.45) is 3.28. The van der Waals surface area contributed by atoms with Crippen LogP contribution in [0.15, 0.2) is 69.6 Å². The van der Waals surface area contributed by atoms with Gasteiger partial charge in [0.1, 0.15) is 5.75 Å². The maximum atomic E-state index is 12.6. The number of benzene rings is 3. The first kappa shape index (κ1) is 21.3. The minimum absolute atomic E-state index is 0.0781. The third kappa shape index (κ3) is 5.55. The molecule has 0 radical (unpaired) electrons. The number of fused-ring (bicyclic) bond motifs is 1. The number of rotatable bonds is 7. The van der Waals surface area contributed by atoms with Crippen molar-refractivity contribution in [1.29, 1.82) is 0 Å². The van der Waals surface area contributed by atoms with Crippen LogP contribution in [0.1, 0.15) is 22.8 Å². The largest absolute Gasteiger partial charge is 0.480 e. The molecule has 3 aromatic rings. The molecule has 3 rings (SSSR count). The van der Waals surface area contributed by atoms with Crippen molar-refractivity contribution in [3.05, 3.63) is 80.7 Å². The Kier molecular flexibility index (Phi) is 7.23. The number of ether oxygens (including phenoxy) is 2. The number of hydrogen-bond donors (Lipinski definition) is 0. The van der Waals surface area contributed by atoms with Gasteiger partial charge >= 0.3 is 5.97 Å². The van der Waals surface area contributed by atoms with Crippen LogP contribution in [0.2, 0.25) is 0 Å². The molecule has 0 aliphatic rings. The van der Waals surface area contributed by atoms with Crippen molar-refractivity contribution in [3.63, 3.8) is 0 Å². The zero-order valence-corrected chi connectivity index (χ0v) is 18.8. The fraction of sp³-hybridized carbons (Fsp3) is 0.130. The average molecular weight is 518 g/mol. The molecule has 0 unspecified atom stereocenters. The molecular weight excluding hydrogens is 500 g/mol. The Morgan fingerprint density at radius 2 is 1.66 bits per heavy atom. The Morgan fingerprint density at radius 3 is 2.34 bits per heavy atom. The normalized spacial score (nSPS) is 11.0. The van der Waals surface area contributed by atoms with Crippen LogP contribution in [0, 0.1) is 0 Å². The molecule has 0 aliphatic carbocycles. The highest BCUT2D eigenvalue weighted by atomic mass is 79.9. The van der Waals surface area contributed by atoms with Crippen molar-refractivity contribution < 1.29 is 19.1 Å². The second-order valence-corrected chi connectivity index (χ2v) is 7.88. The molecule has 3 aromatic carbocycles. The predicted molar refractivity (Wildman–Crippen MR) is 121 cm³/mol. The van der Waals surface area contributed by atoms with Crippen molar-refractivity contribution in [3.8, 4) is 5.75 Å². The van der Waals surface area contributed by atoms with Gasteiger partial charge in [0.25, 0.3) is 0 Å². The molecule has 4 nitrogen and oxygen atoms in total. The van der Waals surface area contributed by atoms with Crippen molar-refractivity contribution in [1.82, 2.24) is 0 Å². The quantitative estimate of drug-likeness (QED) is 0.212. The number of carbonyl (C=O) groups excluding carboxylic acids is 2. The van der Waals surface area contributed by atoms with E-state index in [2.05, 4.69) is 31.9 Å². The van der Waals surface area contributed by atoms with Gasteiger partial charge in [-0.3, -0.25) is 4.79 Å². The van der Waals surface area contributed by atoms with E-state index in [-0.39, 0.29) is 12.4 Å². The van der Waals surface area contributed by atoms with Crippen LogP contribution in [-0.4, -0.2) is 25.0 Å². The van der Waals surface area contributed by atoms with Crippen molar-refractivity contribution >= 4 is 60.5 Å². The van der Waals surface area contributed by atoms with Gasteiger partial charge in [-0.2, -0.15) is 0 Å². The summed E-state index contributed by atoms with van der Waals surface area (Å²) in [4.78, 5) is 24.0. The fourth-order valence-corrected chi connectivity index (χ4v) is 4.21. The summed E-state index contributed by atoms with van der Waals surface area (Å²) in [5.74, 6) is -0.0158. The summed E-state index contributed by atoms with van der Waals surface area (Å²) >= 11 is 6.88. The molecule has 0 aliphatic heterocycles. The van der Waals surface area contributed by atoms with Crippen LogP contribution in [0.5, 0.6) is 5.75 Å². The van der Waals surface area contributed by atoms with Crippen LogP contribution in [0.4, 0.5) is 0 Å². The number of halogens is 2. The summed E-state index contributed by atoms with van der Waals surface area (Å²) in [5.41, 5.74) is 1.44. The predicted octanol–water partition coefficient (Wildman–Crippen LogP) is 6.20. The summed E-state index contributed by atoms with van der Waals surface area (Å²) in [6, 6.07) is 17.2. The highest BCUT2D eigenvalue weighted by Crippen LogP contribution is 2.35. The van der Waals surface area contributed by atoms with Crippen LogP contribution in [-0.2, 0) is 9.53 Å². The first-order chi connectivity index (χ1) is 14.0. The summed E-state index contributed by atoms with van der Waals surface area (Å²) in [5, 5.41) is 2.12. The minimum atomic E-state index is -0.434. The molecule has 0 N–H and O–H groups in total. The molecule has 0 atom stereocenters. The van der Waals surface area contributed by atoms with Gasteiger partial charge in [0, 0.05) is 5.56 Å². The van der Waals surface area contributed by atoms with Crippen LogP contribution in [0.3, 0.4) is 0 Å². The molecule has 148 valence electrons. The molecule has 0 saturated heterocycles. The van der Waals surface area contributed by atoms with Gasteiger partial charge in [0.2, 0.25) is 0 Å². The van der Waals surface area contributed by atoms with E-state index in [4.69, 9.17) is 9.47 Å². The Morgan fingerprint density at radius 1 is 0.966 bits per heavy atom. The van der Waals surface area contributed by atoms with Crippen LogP contribution >= 0.6 is 31.9 Å². The number of ketones is 1. The highest BCUT2D eigenvalue weighted by molar-refractivity contribution is 9.11. The molecule has 29 heavy (non-hydrogen) atoms. The van der Waals surface area contributed by atoms with Crippen molar-refractivity contribution in [2.75, 3.05) is 13.2 Å². The lowest BCUT2D eigenvalue weighted by Gasteiger charge is -2.10. The minimum Gasteiger partial charge on any atom is -0.480 e. The van der Waals surface area contributed by atoms with Gasteiger partial charge < -0.3 is 9.47 Å². The molecule has 0 spiro atoms. The van der Waals surface area contributed by atoms with Gasteiger partial charge in [-0.25, -0.2) is 4.79 Å². The number of esters is 1. The second-order valence-electron chi connectivity index (χ2n) is 6.17. The molecule has 0 fully saturated rings. The van der Waals surface area contributed by atoms with E-state index in [0.29, 0.717) is 26.9 Å².